The molecule has 0 aliphatic carbocycles. The van der Waals surface area contributed by atoms with Crippen LogP contribution in [0, 0.1) is 0 Å². The summed E-state index contributed by atoms with van der Waals surface area (Å²) in [5.41, 5.74) is 11.6. The molecule has 0 saturated carbocycles. The molecule has 0 aliphatic rings. The van der Waals surface area contributed by atoms with Crippen molar-refractivity contribution in [2.24, 2.45) is 0 Å². The second-order valence-electron chi connectivity index (χ2n) is 7.90. The molecule has 35 heavy (non-hydrogen) atoms. The van der Waals surface area contributed by atoms with E-state index < -0.39 is 0 Å². The van der Waals surface area contributed by atoms with E-state index in [4.69, 9.17) is 15.2 Å². The minimum Gasteiger partial charge on any atom is -1.00 e. The van der Waals surface area contributed by atoms with Gasteiger partial charge in [0.05, 0.1) is 14.2 Å². The molecular weight excluding hydrogens is 542 g/mol. The summed E-state index contributed by atoms with van der Waals surface area (Å²) in [5.74, 6) is 3.96. The van der Waals surface area contributed by atoms with E-state index in [0.29, 0.717) is 0 Å². The van der Waals surface area contributed by atoms with Gasteiger partial charge in [-0.3, -0.25) is 5.73 Å². The number of aromatic nitrogens is 2. The summed E-state index contributed by atoms with van der Waals surface area (Å²) >= 11 is 3.58. The Labute approximate surface area is 226 Å². The number of imidazole rings is 1. The number of anilines is 1. The number of ether oxygens (including phenoxy) is 2. The van der Waals surface area contributed by atoms with Crippen molar-refractivity contribution in [1.82, 2.24) is 4.57 Å². The van der Waals surface area contributed by atoms with Crippen LogP contribution in [0.5, 0.6) is 11.5 Å². The number of fused-ring (bicyclic) bond motifs is 1. The van der Waals surface area contributed by atoms with Crippen LogP contribution in [0.25, 0.3) is 11.0 Å². The number of benzene rings is 3. The Morgan fingerprint density at radius 1 is 0.829 bits per heavy atom. The molecule has 4 aromatic rings. The van der Waals surface area contributed by atoms with E-state index >= 15 is 0 Å². The molecule has 0 amide bonds. The molecule has 5 nitrogen and oxygen atoms in total. The number of thioether (sulfide) groups is 2. The third-order valence-electron chi connectivity index (χ3n) is 6.03. The van der Waals surface area contributed by atoms with Crippen LogP contribution in [0.3, 0.4) is 0 Å². The number of nitrogen functional groups attached to an aromatic ring is 1. The first kappa shape index (κ1) is 27.3. The van der Waals surface area contributed by atoms with Gasteiger partial charge in [0.25, 0.3) is 0 Å². The van der Waals surface area contributed by atoms with Crippen LogP contribution < -0.4 is 36.8 Å². The Bertz CT molecular complexity index is 1200. The van der Waals surface area contributed by atoms with Crippen molar-refractivity contribution in [3.8, 4) is 11.5 Å². The van der Waals surface area contributed by atoms with Gasteiger partial charge in [-0.1, -0.05) is 61.6 Å². The highest BCUT2D eigenvalue weighted by Gasteiger charge is 2.21. The lowest BCUT2D eigenvalue weighted by Gasteiger charge is -2.10. The molecule has 0 bridgehead atoms. The van der Waals surface area contributed by atoms with Gasteiger partial charge >= 0.3 is 5.95 Å². The van der Waals surface area contributed by atoms with E-state index in [1.165, 1.54) is 20.9 Å². The molecule has 186 valence electrons. The lowest BCUT2D eigenvalue weighted by molar-refractivity contribution is -0.635. The summed E-state index contributed by atoms with van der Waals surface area (Å²) in [4.78, 5) is 2.45. The highest BCUT2D eigenvalue weighted by atomic mass is 79.9. The molecule has 3 aromatic carbocycles. The Morgan fingerprint density at radius 2 is 1.40 bits per heavy atom. The summed E-state index contributed by atoms with van der Waals surface area (Å²) in [6.07, 6.45) is 1.95. The van der Waals surface area contributed by atoms with Crippen molar-refractivity contribution in [2.45, 2.75) is 48.2 Å². The first-order valence-corrected chi connectivity index (χ1v) is 13.4. The normalized spacial score (nSPS) is 10.9. The number of nitrogens with two attached hydrogens (primary N) is 1. The van der Waals surface area contributed by atoms with Gasteiger partial charge in [-0.15, -0.1) is 0 Å². The highest BCUT2D eigenvalue weighted by molar-refractivity contribution is 7.98. The fourth-order valence-corrected chi connectivity index (χ4v) is 6.30. The zero-order chi connectivity index (χ0) is 24.1. The first-order chi connectivity index (χ1) is 16.6. The fourth-order valence-electron chi connectivity index (χ4n) is 4.03. The molecule has 2 N–H and O–H groups in total. The minimum atomic E-state index is 0. The number of hydrogen-bond acceptors (Lipinski definition) is 5. The van der Waals surface area contributed by atoms with Crippen LogP contribution >= 0.6 is 23.5 Å². The maximum atomic E-state index is 6.75. The van der Waals surface area contributed by atoms with E-state index in [-0.39, 0.29) is 17.0 Å². The third-order valence-corrected chi connectivity index (χ3v) is 8.18. The molecule has 0 atom stereocenters. The number of aryl methyl sites for hydroxylation is 2. The highest BCUT2D eigenvalue weighted by Crippen LogP contribution is 2.32. The van der Waals surface area contributed by atoms with Gasteiger partial charge in [0, 0.05) is 9.79 Å². The van der Waals surface area contributed by atoms with Crippen LogP contribution in [-0.2, 0) is 24.6 Å². The molecule has 0 unspecified atom stereocenters. The summed E-state index contributed by atoms with van der Waals surface area (Å²) in [6, 6.07) is 21.0. The number of methoxy groups -OCH3 is 2. The quantitative estimate of drug-likeness (QED) is 0.233. The van der Waals surface area contributed by atoms with Crippen molar-refractivity contribution >= 4 is 40.5 Å². The SMILES string of the molecule is CCc1ccc(OC)cc1SCn1c(N)[n+](CSc2cc(OC)ccc2CC)c2ccccc21.[Br-]. The fraction of sp³-hybridized carbons (Fsp3) is 0.296. The number of halogens is 1. The van der Waals surface area contributed by atoms with E-state index in [0.717, 1.165) is 53.1 Å². The van der Waals surface area contributed by atoms with E-state index in [2.05, 4.69) is 71.5 Å². The van der Waals surface area contributed by atoms with Crippen LogP contribution in [-0.4, -0.2) is 18.8 Å². The molecule has 1 heterocycles. The van der Waals surface area contributed by atoms with Gasteiger partial charge in [-0.05, 0) is 60.4 Å². The molecule has 0 aliphatic heterocycles. The third kappa shape index (κ3) is 5.93. The average molecular weight is 575 g/mol. The molecule has 0 spiro atoms. The van der Waals surface area contributed by atoms with Crippen molar-refractivity contribution in [1.29, 1.82) is 0 Å². The van der Waals surface area contributed by atoms with E-state index in [1.54, 1.807) is 37.7 Å². The summed E-state index contributed by atoms with van der Waals surface area (Å²) in [5, 5.41) is 0. The smallest absolute Gasteiger partial charge is 0.357 e. The molecule has 8 heteroatoms. The van der Waals surface area contributed by atoms with Gasteiger partial charge in [0.2, 0.25) is 0 Å². The van der Waals surface area contributed by atoms with Gasteiger partial charge in [-0.25, -0.2) is 9.13 Å². The van der Waals surface area contributed by atoms with Crippen LogP contribution in [0.15, 0.2) is 70.5 Å². The summed E-state index contributed by atoms with van der Waals surface area (Å²) in [7, 11) is 3.42. The number of nitrogens with zero attached hydrogens (tertiary/aromatic N) is 2. The standard InChI is InChI=1S/C27H31N3O2S2.BrH/c1-5-19-11-13-21(31-3)15-25(19)33-17-29-23-9-7-8-10-24(23)30(27(29)28)18-34-26-16-22(32-4)14-12-20(26)6-2;/h7-16,28H,5-6,17-18H2,1-4H3;1H. The predicted molar refractivity (Wildman–Crippen MR) is 143 cm³/mol. The van der Waals surface area contributed by atoms with Gasteiger partial charge in [0.15, 0.2) is 0 Å². The second-order valence-corrected chi connectivity index (χ2v) is 9.88. The number of rotatable bonds is 10. The topological polar surface area (TPSA) is 53.3 Å². The Kier molecular flexibility index (Phi) is 9.83. The molecular formula is C27H32BrN3O2S2. The lowest BCUT2D eigenvalue weighted by Crippen LogP contribution is -3.00. The number of hydrogen-bond donors (Lipinski definition) is 1. The summed E-state index contributed by atoms with van der Waals surface area (Å²) in [6.45, 7) is 4.36. The predicted octanol–water partition coefficient (Wildman–Crippen LogP) is 3.16. The molecule has 4 rings (SSSR count). The molecule has 1 aromatic heterocycles. The zero-order valence-corrected chi connectivity index (χ0v) is 23.8. The summed E-state index contributed by atoms with van der Waals surface area (Å²) < 4.78 is 15.3. The van der Waals surface area contributed by atoms with Crippen molar-refractivity contribution in [3.63, 3.8) is 0 Å². The zero-order valence-electron chi connectivity index (χ0n) is 20.6. The van der Waals surface area contributed by atoms with Crippen molar-refractivity contribution in [2.75, 3.05) is 20.0 Å². The van der Waals surface area contributed by atoms with Gasteiger partial charge in [0.1, 0.15) is 34.3 Å². The maximum Gasteiger partial charge on any atom is 0.357 e. The minimum absolute atomic E-state index is 0. The Balaban J connectivity index is 0.00000342. The Morgan fingerprint density at radius 3 is 1.97 bits per heavy atom. The van der Waals surface area contributed by atoms with E-state index in [9.17, 15) is 0 Å². The molecule has 0 fully saturated rings. The van der Waals surface area contributed by atoms with Gasteiger partial charge < -0.3 is 26.5 Å². The Hall–Kier alpha value is -2.29. The maximum absolute atomic E-state index is 6.75. The molecule has 0 saturated heterocycles. The average Bonchev–Trinajstić information content (AvgIpc) is 3.15. The first-order valence-electron chi connectivity index (χ1n) is 11.5. The number of para-hydroxylation sites is 2. The van der Waals surface area contributed by atoms with Crippen LogP contribution in [0.1, 0.15) is 25.0 Å². The van der Waals surface area contributed by atoms with Crippen molar-refractivity contribution in [3.05, 3.63) is 71.8 Å². The van der Waals surface area contributed by atoms with E-state index in [1.807, 2.05) is 12.1 Å². The lowest BCUT2D eigenvalue weighted by atomic mass is 10.2. The van der Waals surface area contributed by atoms with Crippen molar-refractivity contribution < 1.29 is 31.0 Å². The van der Waals surface area contributed by atoms with Crippen LogP contribution in [0.4, 0.5) is 5.95 Å². The van der Waals surface area contributed by atoms with Crippen LogP contribution in [0.2, 0.25) is 0 Å². The second kappa shape index (κ2) is 12.6. The largest absolute Gasteiger partial charge is 1.00 e. The monoisotopic (exact) mass is 573 g/mol. The molecule has 0 radical (unpaired) electrons. The van der Waals surface area contributed by atoms with Gasteiger partial charge in [-0.2, -0.15) is 0 Å².